The first-order chi connectivity index (χ1) is 6.20. The van der Waals surface area contributed by atoms with Gasteiger partial charge in [0.05, 0.1) is 17.7 Å². The van der Waals surface area contributed by atoms with Crippen LogP contribution in [-0.4, -0.2) is 29.1 Å². The summed E-state index contributed by atoms with van der Waals surface area (Å²) in [6.07, 6.45) is 0.851. The van der Waals surface area contributed by atoms with Crippen molar-refractivity contribution in [1.82, 2.24) is 10.3 Å². The monoisotopic (exact) mass is 200 g/mol. The Balaban J connectivity index is 2.20. The molecule has 1 rings (SSSR count). The molecule has 0 fully saturated rings. The van der Waals surface area contributed by atoms with Gasteiger partial charge in [0.1, 0.15) is 0 Å². The molecule has 72 valence electrons. The van der Waals surface area contributed by atoms with E-state index in [2.05, 4.69) is 10.3 Å². The van der Waals surface area contributed by atoms with Crippen molar-refractivity contribution >= 4 is 17.3 Å². The predicted molar refractivity (Wildman–Crippen MR) is 51.1 cm³/mol. The Bertz CT molecular complexity index is 285. The summed E-state index contributed by atoms with van der Waals surface area (Å²) in [5.41, 5.74) is 2.85. The number of carbonyl (C=O) groups is 1. The lowest BCUT2D eigenvalue weighted by Gasteiger charge is -1.99. The number of nitrogens with zero attached hydrogens (tertiary/aromatic N) is 1. The van der Waals surface area contributed by atoms with E-state index in [1.807, 2.05) is 12.4 Å². The fraction of sp³-hybridized carbons (Fsp3) is 0.500. The summed E-state index contributed by atoms with van der Waals surface area (Å²) in [7, 11) is 0. The number of hydrogen-bond donors (Lipinski definition) is 2. The van der Waals surface area contributed by atoms with Gasteiger partial charge in [-0.15, -0.1) is 11.3 Å². The van der Waals surface area contributed by atoms with Crippen LogP contribution in [0.3, 0.4) is 0 Å². The number of carboxylic acid groups (broad SMARTS) is 1. The van der Waals surface area contributed by atoms with Crippen molar-refractivity contribution < 1.29 is 9.90 Å². The van der Waals surface area contributed by atoms with Gasteiger partial charge in [0.15, 0.2) is 0 Å². The third kappa shape index (κ3) is 3.52. The highest BCUT2D eigenvalue weighted by Crippen LogP contribution is 2.11. The molecular formula is C8H12N2O2S. The number of aromatic nitrogens is 1. The number of carboxylic acids is 1. The Hall–Kier alpha value is -0.940. The van der Waals surface area contributed by atoms with E-state index in [9.17, 15) is 4.79 Å². The van der Waals surface area contributed by atoms with Crippen LogP contribution in [0.1, 0.15) is 10.6 Å². The molecule has 5 heteroatoms. The number of aliphatic carboxylic acids is 1. The van der Waals surface area contributed by atoms with Crippen LogP contribution in [0.2, 0.25) is 0 Å². The zero-order chi connectivity index (χ0) is 9.68. The highest BCUT2D eigenvalue weighted by atomic mass is 32.1. The van der Waals surface area contributed by atoms with E-state index in [1.165, 1.54) is 4.88 Å². The molecule has 0 bridgehead atoms. The SMILES string of the molecule is Cc1ncsc1CCNCC(=O)O. The third-order valence-corrected chi connectivity index (χ3v) is 2.64. The average molecular weight is 200 g/mol. The predicted octanol–water partition coefficient (Wildman–Crippen LogP) is 0.668. The Labute approximate surface area is 80.6 Å². The van der Waals surface area contributed by atoms with Crippen LogP contribution >= 0.6 is 11.3 Å². The number of rotatable bonds is 5. The van der Waals surface area contributed by atoms with Crippen LogP contribution in [-0.2, 0) is 11.2 Å². The van der Waals surface area contributed by atoms with Crippen LogP contribution < -0.4 is 5.32 Å². The quantitative estimate of drug-likeness (QED) is 0.686. The van der Waals surface area contributed by atoms with Gasteiger partial charge in [-0.3, -0.25) is 4.79 Å². The number of nitrogens with one attached hydrogen (secondary N) is 1. The normalized spacial score (nSPS) is 10.2. The van der Waals surface area contributed by atoms with Crippen molar-refractivity contribution in [3.05, 3.63) is 16.1 Å². The summed E-state index contributed by atoms with van der Waals surface area (Å²) in [5.74, 6) is -0.818. The van der Waals surface area contributed by atoms with Crippen LogP contribution in [0.15, 0.2) is 5.51 Å². The first-order valence-corrected chi connectivity index (χ1v) is 4.89. The molecule has 0 unspecified atom stereocenters. The minimum Gasteiger partial charge on any atom is -0.480 e. The van der Waals surface area contributed by atoms with Crippen molar-refractivity contribution in [2.45, 2.75) is 13.3 Å². The fourth-order valence-electron chi connectivity index (χ4n) is 0.963. The van der Waals surface area contributed by atoms with Crippen LogP contribution in [0.5, 0.6) is 0 Å². The number of hydrogen-bond acceptors (Lipinski definition) is 4. The topological polar surface area (TPSA) is 62.2 Å². The smallest absolute Gasteiger partial charge is 0.317 e. The lowest BCUT2D eigenvalue weighted by molar-refractivity contribution is -0.135. The van der Waals surface area contributed by atoms with Gasteiger partial charge in [0, 0.05) is 11.4 Å². The molecule has 0 aliphatic rings. The maximum absolute atomic E-state index is 10.2. The zero-order valence-electron chi connectivity index (χ0n) is 7.41. The van der Waals surface area contributed by atoms with E-state index in [0.717, 1.165) is 12.1 Å². The summed E-state index contributed by atoms with van der Waals surface area (Å²) in [5, 5.41) is 11.2. The minimum absolute atomic E-state index is 0.0256. The van der Waals surface area contributed by atoms with Crippen molar-refractivity contribution in [2.75, 3.05) is 13.1 Å². The Kier molecular flexibility index (Phi) is 3.85. The van der Waals surface area contributed by atoms with E-state index in [4.69, 9.17) is 5.11 Å². The molecule has 0 spiro atoms. The minimum atomic E-state index is -0.818. The molecule has 0 aliphatic carbocycles. The molecule has 0 amide bonds. The molecule has 2 N–H and O–H groups in total. The van der Waals surface area contributed by atoms with Gasteiger partial charge in [-0.05, 0) is 13.3 Å². The molecule has 0 saturated carbocycles. The maximum atomic E-state index is 10.2. The van der Waals surface area contributed by atoms with Crippen LogP contribution in [0.25, 0.3) is 0 Å². The van der Waals surface area contributed by atoms with Gasteiger partial charge >= 0.3 is 5.97 Å². The molecule has 0 aliphatic heterocycles. The second kappa shape index (κ2) is 4.94. The molecule has 13 heavy (non-hydrogen) atoms. The second-order valence-corrected chi connectivity index (χ2v) is 3.62. The number of thiazole rings is 1. The lowest BCUT2D eigenvalue weighted by atomic mass is 10.3. The molecule has 0 saturated heterocycles. The Morgan fingerprint density at radius 3 is 3.08 bits per heavy atom. The van der Waals surface area contributed by atoms with E-state index >= 15 is 0 Å². The van der Waals surface area contributed by atoms with Gasteiger partial charge in [-0.2, -0.15) is 0 Å². The molecule has 1 heterocycles. The third-order valence-electron chi connectivity index (χ3n) is 1.65. The van der Waals surface area contributed by atoms with Crippen molar-refractivity contribution in [3.63, 3.8) is 0 Å². The Morgan fingerprint density at radius 1 is 1.77 bits per heavy atom. The fourth-order valence-corrected chi connectivity index (χ4v) is 1.74. The van der Waals surface area contributed by atoms with Crippen LogP contribution in [0.4, 0.5) is 0 Å². The summed E-state index contributed by atoms with van der Waals surface area (Å²) < 4.78 is 0. The largest absolute Gasteiger partial charge is 0.480 e. The molecule has 1 aromatic rings. The van der Waals surface area contributed by atoms with Gasteiger partial charge in [0.25, 0.3) is 0 Å². The van der Waals surface area contributed by atoms with Crippen molar-refractivity contribution in [2.24, 2.45) is 0 Å². The van der Waals surface area contributed by atoms with Gasteiger partial charge < -0.3 is 10.4 Å². The van der Waals surface area contributed by atoms with Crippen molar-refractivity contribution in [3.8, 4) is 0 Å². The van der Waals surface area contributed by atoms with Crippen molar-refractivity contribution in [1.29, 1.82) is 0 Å². The van der Waals surface area contributed by atoms with Gasteiger partial charge in [-0.25, -0.2) is 4.98 Å². The van der Waals surface area contributed by atoms with E-state index in [0.29, 0.717) is 6.54 Å². The second-order valence-electron chi connectivity index (χ2n) is 2.68. The first-order valence-electron chi connectivity index (χ1n) is 4.01. The summed E-state index contributed by atoms with van der Waals surface area (Å²) in [6, 6.07) is 0. The summed E-state index contributed by atoms with van der Waals surface area (Å²) in [6.45, 7) is 2.68. The summed E-state index contributed by atoms with van der Waals surface area (Å²) >= 11 is 1.61. The Morgan fingerprint density at radius 2 is 2.54 bits per heavy atom. The molecule has 1 aromatic heterocycles. The molecule has 4 nitrogen and oxygen atoms in total. The van der Waals surface area contributed by atoms with E-state index in [-0.39, 0.29) is 6.54 Å². The van der Waals surface area contributed by atoms with E-state index in [1.54, 1.807) is 11.3 Å². The molecular weight excluding hydrogens is 188 g/mol. The lowest BCUT2D eigenvalue weighted by Crippen LogP contribution is -2.24. The average Bonchev–Trinajstić information content (AvgIpc) is 2.45. The highest BCUT2D eigenvalue weighted by Gasteiger charge is 2.01. The molecule has 0 atom stereocenters. The van der Waals surface area contributed by atoms with Crippen LogP contribution in [0, 0.1) is 6.92 Å². The molecule has 0 aromatic carbocycles. The first kappa shape index (κ1) is 10.1. The number of aryl methyl sites for hydroxylation is 1. The van der Waals surface area contributed by atoms with Gasteiger partial charge in [-0.1, -0.05) is 0 Å². The maximum Gasteiger partial charge on any atom is 0.317 e. The van der Waals surface area contributed by atoms with E-state index < -0.39 is 5.97 Å². The van der Waals surface area contributed by atoms with Gasteiger partial charge in [0.2, 0.25) is 0 Å². The standard InChI is InChI=1S/C8H12N2O2S/c1-6-7(13-5-10-6)2-3-9-4-8(11)12/h5,9H,2-4H2,1H3,(H,11,12). The highest BCUT2D eigenvalue weighted by molar-refractivity contribution is 7.09. The summed E-state index contributed by atoms with van der Waals surface area (Å²) in [4.78, 5) is 15.5. The molecule has 0 radical (unpaired) electrons. The zero-order valence-corrected chi connectivity index (χ0v) is 8.23.